The van der Waals surface area contributed by atoms with Crippen molar-refractivity contribution in [3.63, 3.8) is 0 Å². The molecule has 4 aromatic carbocycles. The van der Waals surface area contributed by atoms with E-state index in [-0.39, 0.29) is 0 Å². The number of fused-ring (bicyclic) bond motifs is 7. The van der Waals surface area contributed by atoms with Crippen molar-refractivity contribution in [2.24, 2.45) is 4.99 Å². The lowest BCUT2D eigenvalue weighted by atomic mass is 9.81. The Hall–Kier alpha value is -4.45. The molecule has 6 rings (SSSR count). The van der Waals surface area contributed by atoms with Gasteiger partial charge in [-0.1, -0.05) is 18.2 Å². The Morgan fingerprint density at radius 1 is 0.522 bits per heavy atom. The van der Waals surface area contributed by atoms with Crippen LogP contribution in [0.25, 0.3) is 11.1 Å². The zero-order valence-electron chi connectivity index (χ0n) is 28.9. The van der Waals surface area contributed by atoms with E-state index in [0.717, 1.165) is 61.8 Å². The van der Waals surface area contributed by atoms with E-state index in [0.29, 0.717) is 5.90 Å². The van der Waals surface area contributed by atoms with Gasteiger partial charge in [-0.25, -0.2) is 4.99 Å². The summed E-state index contributed by atoms with van der Waals surface area (Å²) in [5.41, 5.74) is 11.8. The van der Waals surface area contributed by atoms with Crippen molar-refractivity contribution in [1.29, 1.82) is 0 Å². The van der Waals surface area contributed by atoms with E-state index in [4.69, 9.17) is 9.73 Å². The van der Waals surface area contributed by atoms with E-state index in [1.54, 1.807) is 0 Å². The molecule has 0 radical (unpaired) electrons. The number of rotatable bonds is 11. The number of anilines is 4. The van der Waals surface area contributed by atoms with E-state index >= 15 is 0 Å². The Bertz CT molecular complexity index is 1670. The Morgan fingerprint density at radius 2 is 0.935 bits per heavy atom. The Morgan fingerprint density at radius 3 is 1.37 bits per heavy atom. The Labute approximate surface area is 275 Å². The molecule has 0 aromatic heterocycles. The first kappa shape index (κ1) is 31.5. The molecule has 1 heterocycles. The molecule has 1 aliphatic heterocycles. The maximum absolute atomic E-state index is 7.36. The molecule has 0 N–H and O–H groups in total. The van der Waals surface area contributed by atoms with Gasteiger partial charge in [-0.2, -0.15) is 0 Å². The van der Waals surface area contributed by atoms with Gasteiger partial charge in [-0.15, -0.1) is 0 Å². The van der Waals surface area contributed by atoms with E-state index < -0.39 is 5.60 Å². The molecule has 0 amide bonds. The minimum Gasteiger partial charge on any atom is -0.456 e. The quantitative estimate of drug-likeness (QED) is 0.169. The molecular formula is C40H49N5O. The summed E-state index contributed by atoms with van der Waals surface area (Å²) in [6, 6.07) is 29.2. The van der Waals surface area contributed by atoms with Crippen molar-refractivity contribution in [2.45, 2.75) is 47.1 Å². The largest absolute Gasteiger partial charge is 0.456 e. The van der Waals surface area contributed by atoms with E-state index in [2.05, 4.69) is 154 Å². The maximum Gasteiger partial charge on any atom is 0.222 e. The summed E-state index contributed by atoms with van der Waals surface area (Å²) in [7, 11) is 4.13. The van der Waals surface area contributed by atoms with Crippen LogP contribution in [0.3, 0.4) is 0 Å². The Balaban J connectivity index is 1.63. The van der Waals surface area contributed by atoms with Crippen LogP contribution in [0.1, 0.15) is 63.8 Å². The molecular weight excluding hydrogens is 566 g/mol. The monoisotopic (exact) mass is 615 g/mol. The van der Waals surface area contributed by atoms with Crippen LogP contribution in [0.4, 0.5) is 28.4 Å². The highest BCUT2D eigenvalue weighted by Crippen LogP contribution is 2.58. The van der Waals surface area contributed by atoms with Gasteiger partial charge < -0.3 is 24.3 Å². The zero-order chi connectivity index (χ0) is 32.6. The maximum atomic E-state index is 7.36. The molecule has 0 atom stereocenters. The third-order valence-corrected chi connectivity index (χ3v) is 9.90. The van der Waals surface area contributed by atoms with Crippen LogP contribution < -0.4 is 19.6 Å². The molecule has 0 saturated heterocycles. The van der Waals surface area contributed by atoms with Gasteiger partial charge in [0, 0.05) is 98.4 Å². The van der Waals surface area contributed by atoms with Crippen molar-refractivity contribution in [3.8, 4) is 11.1 Å². The fourth-order valence-electron chi connectivity index (χ4n) is 7.29. The third kappa shape index (κ3) is 5.08. The van der Waals surface area contributed by atoms with Gasteiger partial charge in [0.05, 0.1) is 5.69 Å². The SMILES string of the molecule is CCN(CC)c1ccc2c(c1)N=C(c1ccc(N(C)C)cc1)OC21c2ccc(N(CC)CC)cc2-c2cc(N(CC)CC)ccc21. The molecule has 1 spiro atoms. The molecule has 0 fully saturated rings. The average molecular weight is 616 g/mol. The predicted molar refractivity (Wildman–Crippen MR) is 197 cm³/mol. The first-order valence-corrected chi connectivity index (χ1v) is 17.1. The molecule has 1 aliphatic carbocycles. The van der Waals surface area contributed by atoms with Gasteiger partial charge in [-0.05, 0) is 113 Å². The van der Waals surface area contributed by atoms with Gasteiger partial charge in [0.15, 0.2) is 5.60 Å². The standard InChI is InChI=1S/C40H49N5O/c1-9-43(10-2)30-19-22-35-33(25-30)34-26-31(44(11-3)12-4)20-23-36(34)40(35)37-24-21-32(45(13-5)14-6)27-38(37)41-39(46-40)28-15-17-29(18-16-28)42(7)8/h15-27H,9-14H2,1-8H3. The number of nitrogens with zero attached hydrogens (tertiary/aromatic N) is 5. The van der Waals surface area contributed by atoms with Crippen molar-refractivity contribution in [3.05, 3.63) is 101 Å². The second-order valence-corrected chi connectivity index (χ2v) is 12.3. The van der Waals surface area contributed by atoms with E-state index in [9.17, 15) is 0 Å². The molecule has 0 unspecified atom stereocenters. The molecule has 2 aliphatic rings. The summed E-state index contributed by atoms with van der Waals surface area (Å²) in [5, 5.41) is 0. The molecule has 0 bridgehead atoms. The Kier molecular flexibility index (Phi) is 8.73. The summed E-state index contributed by atoms with van der Waals surface area (Å²) in [6.45, 7) is 19.0. The van der Waals surface area contributed by atoms with Crippen molar-refractivity contribution < 1.29 is 4.74 Å². The van der Waals surface area contributed by atoms with Gasteiger partial charge in [0.2, 0.25) is 5.90 Å². The highest BCUT2D eigenvalue weighted by atomic mass is 16.5. The van der Waals surface area contributed by atoms with Gasteiger partial charge in [-0.3, -0.25) is 0 Å². The lowest BCUT2D eigenvalue weighted by Gasteiger charge is -2.38. The van der Waals surface area contributed by atoms with Crippen LogP contribution in [0.15, 0.2) is 83.9 Å². The van der Waals surface area contributed by atoms with E-state index in [1.165, 1.54) is 39.3 Å². The van der Waals surface area contributed by atoms with Crippen LogP contribution in [0.5, 0.6) is 0 Å². The predicted octanol–water partition coefficient (Wildman–Crippen LogP) is 8.67. The fourth-order valence-corrected chi connectivity index (χ4v) is 7.29. The zero-order valence-corrected chi connectivity index (χ0v) is 28.9. The molecule has 4 aromatic rings. The van der Waals surface area contributed by atoms with Crippen molar-refractivity contribution in [2.75, 3.05) is 73.0 Å². The summed E-state index contributed by atoms with van der Waals surface area (Å²) < 4.78 is 7.36. The van der Waals surface area contributed by atoms with Gasteiger partial charge in [0.1, 0.15) is 0 Å². The number of ether oxygens (including phenoxy) is 1. The van der Waals surface area contributed by atoms with Crippen LogP contribution in [0.2, 0.25) is 0 Å². The normalized spacial score (nSPS) is 13.8. The van der Waals surface area contributed by atoms with E-state index in [1.807, 2.05) is 0 Å². The number of benzene rings is 4. The first-order chi connectivity index (χ1) is 22.3. The molecule has 0 saturated carbocycles. The molecule has 46 heavy (non-hydrogen) atoms. The number of hydrogen-bond acceptors (Lipinski definition) is 6. The lowest BCUT2D eigenvalue weighted by Crippen LogP contribution is -2.36. The number of hydrogen-bond donors (Lipinski definition) is 0. The highest BCUT2D eigenvalue weighted by molar-refractivity contribution is 6.01. The van der Waals surface area contributed by atoms with Crippen molar-refractivity contribution in [1.82, 2.24) is 0 Å². The molecule has 6 heteroatoms. The van der Waals surface area contributed by atoms with Gasteiger partial charge >= 0.3 is 0 Å². The lowest BCUT2D eigenvalue weighted by molar-refractivity contribution is 0.142. The number of aliphatic imine (C=N–C) groups is 1. The second kappa shape index (κ2) is 12.7. The third-order valence-electron chi connectivity index (χ3n) is 9.90. The molecule has 6 nitrogen and oxygen atoms in total. The fraction of sp³-hybridized carbons (Fsp3) is 0.375. The van der Waals surface area contributed by atoms with Crippen LogP contribution in [-0.2, 0) is 10.3 Å². The smallest absolute Gasteiger partial charge is 0.222 e. The second-order valence-electron chi connectivity index (χ2n) is 12.3. The summed E-state index contributed by atoms with van der Waals surface area (Å²) >= 11 is 0. The highest BCUT2D eigenvalue weighted by Gasteiger charge is 2.51. The van der Waals surface area contributed by atoms with Crippen molar-refractivity contribution >= 4 is 34.3 Å². The minimum absolute atomic E-state index is 0.647. The summed E-state index contributed by atoms with van der Waals surface area (Å²) in [6.07, 6.45) is 0. The summed E-state index contributed by atoms with van der Waals surface area (Å²) in [4.78, 5) is 14.6. The molecule has 240 valence electrons. The first-order valence-electron chi connectivity index (χ1n) is 17.1. The minimum atomic E-state index is -0.831. The summed E-state index contributed by atoms with van der Waals surface area (Å²) in [5.74, 6) is 0.647. The topological polar surface area (TPSA) is 34.6 Å². The van der Waals surface area contributed by atoms with Crippen LogP contribution in [-0.4, -0.2) is 59.3 Å². The van der Waals surface area contributed by atoms with Crippen LogP contribution >= 0.6 is 0 Å². The van der Waals surface area contributed by atoms with Gasteiger partial charge in [0.25, 0.3) is 0 Å². The van der Waals surface area contributed by atoms with Crippen LogP contribution in [0, 0.1) is 0 Å². The average Bonchev–Trinajstić information content (AvgIpc) is 3.34.